The lowest BCUT2D eigenvalue weighted by molar-refractivity contribution is 1.24. The number of aromatic nitrogens is 2. The molecule has 51 heavy (non-hydrogen) atoms. The van der Waals surface area contributed by atoms with Crippen LogP contribution < -0.4 is 0 Å². The first kappa shape index (κ1) is 29.5. The topological polar surface area (TPSA) is 25.8 Å². The molecule has 238 valence electrons. The molecule has 0 atom stereocenters. The van der Waals surface area contributed by atoms with E-state index in [1.54, 1.807) is 0 Å². The SMILES string of the molecule is c1ccc(-c2cc(-c3ccccc3)cc(-c3cc4ccccc4c4c3sc3c(-c5nc(-c6ccccc6)c6ccccc6n5)cccc34)c2)cc1. The normalized spacial score (nSPS) is 11.5. The van der Waals surface area contributed by atoms with Gasteiger partial charge in [-0.1, -0.05) is 146 Å². The number of thiophene rings is 1. The van der Waals surface area contributed by atoms with Gasteiger partial charge < -0.3 is 0 Å². The minimum atomic E-state index is 0.744. The maximum atomic E-state index is 5.29. The maximum Gasteiger partial charge on any atom is 0.161 e. The molecule has 0 saturated carbocycles. The first-order chi connectivity index (χ1) is 25.3. The average Bonchev–Trinajstić information content (AvgIpc) is 3.61. The van der Waals surface area contributed by atoms with Gasteiger partial charge in [0.1, 0.15) is 0 Å². The molecule has 10 aromatic rings. The van der Waals surface area contributed by atoms with Crippen LogP contribution in [0.5, 0.6) is 0 Å². The van der Waals surface area contributed by atoms with E-state index in [1.807, 2.05) is 17.4 Å². The number of nitrogens with zero attached hydrogens (tertiary/aromatic N) is 2. The largest absolute Gasteiger partial charge is 0.228 e. The van der Waals surface area contributed by atoms with Crippen molar-refractivity contribution in [2.24, 2.45) is 0 Å². The third-order valence-corrected chi connectivity index (χ3v) is 11.1. The Morgan fingerprint density at radius 3 is 1.63 bits per heavy atom. The predicted molar refractivity (Wildman–Crippen MR) is 217 cm³/mol. The molecule has 0 aliphatic carbocycles. The summed E-state index contributed by atoms with van der Waals surface area (Å²) in [7, 11) is 0. The van der Waals surface area contributed by atoms with Crippen molar-refractivity contribution in [2.45, 2.75) is 0 Å². The zero-order valence-electron chi connectivity index (χ0n) is 27.6. The Bertz CT molecular complexity index is 2840. The van der Waals surface area contributed by atoms with Gasteiger partial charge in [-0.3, -0.25) is 0 Å². The molecule has 0 amide bonds. The average molecular weight is 667 g/mol. The molecule has 0 radical (unpaired) electrons. The molecule has 3 heteroatoms. The van der Waals surface area contributed by atoms with Gasteiger partial charge in [0.25, 0.3) is 0 Å². The summed E-state index contributed by atoms with van der Waals surface area (Å²) in [6.45, 7) is 0. The van der Waals surface area contributed by atoms with Gasteiger partial charge in [0, 0.05) is 42.2 Å². The van der Waals surface area contributed by atoms with E-state index in [0.29, 0.717) is 0 Å². The number of benzene rings is 8. The molecule has 0 saturated heterocycles. The number of para-hydroxylation sites is 1. The van der Waals surface area contributed by atoms with Gasteiger partial charge >= 0.3 is 0 Å². The number of hydrogen-bond acceptors (Lipinski definition) is 3. The summed E-state index contributed by atoms with van der Waals surface area (Å²) in [5, 5.41) is 6.04. The van der Waals surface area contributed by atoms with E-state index >= 15 is 0 Å². The predicted octanol–water partition coefficient (Wildman–Crippen LogP) is 13.5. The van der Waals surface area contributed by atoms with E-state index in [4.69, 9.17) is 9.97 Å². The number of fused-ring (bicyclic) bond motifs is 6. The zero-order valence-corrected chi connectivity index (χ0v) is 28.4. The molecule has 0 unspecified atom stereocenters. The smallest absolute Gasteiger partial charge is 0.161 e. The standard InChI is InChI=1S/C48H30N2S/c1-4-15-31(16-5-1)35-27-36(32-17-6-2-7-18-32)29-37(28-35)42-30-34-21-10-11-22-38(34)44-40-24-14-25-41(46(40)51-47(42)44)48-49-43-26-13-12-23-39(43)45(50-48)33-19-8-3-9-20-33/h1-30H. The Hall–Kier alpha value is -6.42. The van der Waals surface area contributed by atoms with E-state index in [-0.39, 0.29) is 0 Å². The van der Waals surface area contributed by atoms with Crippen LogP contribution >= 0.6 is 11.3 Å². The van der Waals surface area contributed by atoms with Gasteiger partial charge in [-0.25, -0.2) is 9.97 Å². The van der Waals surface area contributed by atoms with Crippen molar-refractivity contribution < 1.29 is 0 Å². The molecule has 0 fully saturated rings. The van der Waals surface area contributed by atoms with Crippen LogP contribution in [0.1, 0.15) is 0 Å². The molecule has 2 nitrogen and oxygen atoms in total. The van der Waals surface area contributed by atoms with Gasteiger partial charge in [-0.05, 0) is 75.0 Å². The lowest BCUT2D eigenvalue weighted by Crippen LogP contribution is -1.95. The van der Waals surface area contributed by atoms with Crippen molar-refractivity contribution in [3.05, 3.63) is 182 Å². The van der Waals surface area contributed by atoms with Gasteiger partial charge in [-0.15, -0.1) is 11.3 Å². The third kappa shape index (κ3) is 5.10. The van der Waals surface area contributed by atoms with E-state index in [0.717, 1.165) is 33.5 Å². The highest BCUT2D eigenvalue weighted by molar-refractivity contribution is 7.27. The molecule has 2 aromatic heterocycles. The van der Waals surface area contributed by atoms with Gasteiger partial charge in [0.15, 0.2) is 5.82 Å². The van der Waals surface area contributed by atoms with Crippen molar-refractivity contribution in [2.75, 3.05) is 0 Å². The lowest BCUT2D eigenvalue weighted by atomic mass is 9.91. The van der Waals surface area contributed by atoms with Gasteiger partial charge in [0.2, 0.25) is 0 Å². The molecule has 2 heterocycles. The molecule has 0 aliphatic heterocycles. The van der Waals surface area contributed by atoms with E-state index in [2.05, 4.69) is 176 Å². The van der Waals surface area contributed by atoms with Crippen molar-refractivity contribution in [1.29, 1.82) is 0 Å². The van der Waals surface area contributed by atoms with Crippen LogP contribution in [0.4, 0.5) is 0 Å². The first-order valence-electron chi connectivity index (χ1n) is 17.2. The fourth-order valence-corrected chi connectivity index (χ4v) is 8.79. The summed E-state index contributed by atoms with van der Waals surface area (Å²) >= 11 is 1.85. The van der Waals surface area contributed by atoms with Crippen LogP contribution in [0.3, 0.4) is 0 Å². The second-order valence-corrected chi connectivity index (χ2v) is 14.0. The summed E-state index contributed by atoms with van der Waals surface area (Å²) in [4.78, 5) is 10.5. The Labute approximate surface area is 300 Å². The first-order valence-corrected chi connectivity index (χ1v) is 18.1. The molecular weight excluding hydrogens is 637 g/mol. The Kier molecular flexibility index (Phi) is 7.04. The highest BCUT2D eigenvalue weighted by atomic mass is 32.1. The van der Waals surface area contributed by atoms with Crippen LogP contribution in [-0.2, 0) is 0 Å². The maximum absolute atomic E-state index is 5.29. The zero-order chi connectivity index (χ0) is 33.7. The number of rotatable bonds is 5. The highest BCUT2D eigenvalue weighted by Crippen LogP contribution is 2.48. The molecule has 8 aromatic carbocycles. The second kappa shape index (κ2) is 12.2. The monoisotopic (exact) mass is 666 g/mol. The van der Waals surface area contributed by atoms with Crippen molar-refractivity contribution in [3.63, 3.8) is 0 Å². The summed E-state index contributed by atoms with van der Waals surface area (Å²) < 4.78 is 2.46. The van der Waals surface area contributed by atoms with Crippen LogP contribution in [0.2, 0.25) is 0 Å². The quantitative estimate of drug-likeness (QED) is 0.183. The summed E-state index contributed by atoms with van der Waals surface area (Å²) in [6, 6.07) is 65.0. The van der Waals surface area contributed by atoms with Crippen molar-refractivity contribution in [3.8, 4) is 56.0 Å². The molecule has 0 aliphatic rings. The molecule has 0 bridgehead atoms. The van der Waals surface area contributed by atoms with Crippen LogP contribution in [-0.4, -0.2) is 9.97 Å². The molecule has 10 rings (SSSR count). The highest BCUT2D eigenvalue weighted by Gasteiger charge is 2.20. The Balaban J connectivity index is 1.27. The second-order valence-electron chi connectivity index (χ2n) is 12.9. The van der Waals surface area contributed by atoms with E-state index < -0.39 is 0 Å². The lowest BCUT2D eigenvalue weighted by Gasteiger charge is -2.13. The minimum absolute atomic E-state index is 0.744. The van der Waals surface area contributed by atoms with Crippen molar-refractivity contribution >= 4 is 53.2 Å². The summed E-state index contributed by atoms with van der Waals surface area (Å²) in [5.74, 6) is 0.744. The Morgan fingerprint density at radius 2 is 0.922 bits per heavy atom. The van der Waals surface area contributed by atoms with Crippen molar-refractivity contribution in [1.82, 2.24) is 9.97 Å². The van der Waals surface area contributed by atoms with Gasteiger partial charge in [0.05, 0.1) is 11.2 Å². The molecular formula is C48H30N2S. The molecule has 0 N–H and O–H groups in total. The summed E-state index contributed by atoms with van der Waals surface area (Å²) in [5.41, 5.74) is 11.3. The van der Waals surface area contributed by atoms with Crippen LogP contribution in [0, 0.1) is 0 Å². The Morgan fingerprint density at radius 1 is 0.353 bits per heavy atom. The van der Waals surface area contributed by atoms with E-state index in [9.17, 15) is 0 Å². The van der Waals surface area contributed by atoms with Gasteiger partial charge in [-0.2, -0.15) is 0 Å². The summed E-state index contributed by atoms with van der Waals surface area (Å²) in [6.07, 6.45) is 0. The van der Waals surface area contributed by atoms with Crippen LogP contribution in [0.15, 0.2) is 182 Å². The van der Waals surface area contributed by atoms with E-state index in [1.165, 1.54) is 64.3 Å². The fourth-order valence-electron chi connectivity index (χ4n) is 7.43. The van der Waals surface area contributed by atoms with Crippen LogP contribution in [0.25, 0.3) is 97.9 Å². The minimum Gasteiger partial charge on any atom is -0.228 e. The molecule has 0 spiro atoms. The number of hydrogen-bond donors (Lipinski definition) is 0. The fraction of sp³-hybridized carbons (Fsp3) is 0. The third-order valence-electron chi connectivity index (χ3n) is 9.84.